The van der Waals surface area contributed by atoms with Crippen molar-refractivity contribution in [2.24, 2.45) is 0 Å². The van der Waals surface area contributed by atoms with Crippen molar-refractivity contribution < 1.29 is 0 Å². The van der Waals surface area contributed by atoms with Crippen LogP contribution in [0.1, 0.15) is 39.0 Å². The van der Waals surface area contributed by atoms with Gasteiger partial charge in [0.1, 0.15) is 0 Å². The minimum atomic E-state index is 0.734. The average Bonchev–Trinajstić information content (AvgIpc) is 2.69. The van der Waals surface area contributed by atoms with E-state index in [1.54, 1.807) is 0 Å². The number of hydrogen-bond acceptors (Lipinski definition) is 2. The Morgan fingerprint density at radius 3 is 3.07 bits per heavy atom. The second-order valence-corrected chi connectivity index (χ2v) is 4.40. The van der Waals surface area contributed by atoms with Crippen LogP contribution in [0.3, 0.4) is 0 Å². The monoisotopic (exact) mass is 208 g/mol. The van der Waals surface area contributed by atoms with E-state index in [1.165, 1.54) is 45.3 Å². The molecule has 2 nitrogen and oxygen atoms in total. The number of unbranched alkanes of at least 4 members (excludes halogenated alkanes) is 2. The molecule has 86 valence electrons. The number of rotatable bonds is 7. The Bertz CT molecular complexity index is 195. The maximum atomic E-state index is 5.23. The largest absolute Gasteiger partial charge is 0.313 e. The molecule has 0 radical (unpaired) electrons. The molecule has 0 saturated carbocycles. The predicted molar refractivity (Wildman–Crippen MR) is 65.8 cm³/mol. The first-order valence-corrected chi connectivity index (χ1v) is 6.26. The molecule has 2 heteroatoms. The van der Waals surface area contributed by atoms with Gasteiger partial charge in [-0.1, -0.05) is 6.92 Å². The van der Waals surface area contributed by atoms with Gasteiger partial charge in [0.2, 0.25) is 0 Å². The van der Waals surface area contributed by atoms with Crippen LogP contribution in [-0.4, -0.2) is 37.1 Å². The zero-order valence-corrected chi connectivity index (χ0v) is 9.97. The highest BCUT2D eigenvalue weighted by Crippen LogP contribution is 2.10. The molecule has 1 atom stereocenters. The normalized spacial score (nSPS) is 21.7. The maximum Gasteiger partial charge on any atom is 0.0207 e. The van der Waals surface area contributed by atoms with E-state index in [0.29, 0.717) is 0 Å². The number of nitrogens with one attached hydrogen (secondary N) is 1. The lowest BCUT2D eigenvalue weighted by molar-refractivity contribution is 0.320. The highest BCUT2D eigenvalue weighted by molar-refractivity contribution is 4.84. The van der Waals surface area contributed by atoms with E-state index in [0.717, 1.165) is 19.0 Å². The Hall–Kier alpha value is -0.520. The highest BCUT2D eigenvalue weighted by atomic mass is 15.2. The summed E-state index contributed by atoms with van der Waals surface area (Å²) in [6.45, 7) is 7.11. The van der Waals surface area contributed by atoms with Crippen LogP contribution in [0.4, 0.5) is 0 Å². The highest BCUT2D eigenvalue weighted by Gasteiger charge is 2.20. The number of likely N-dealkylation sites (tertiary alicyclic amines) is 1. The van der Waals surface area contributed by atoms with Gasteiger partial charge in [0.15, 0.2) is 0 Å². The summed E-state index contributed by atoms with van der Waals surface area (Å²) in [6.07, 6.45) is 11.1. The molecular weight excluding hydrogens is 184 g/mol. The van der Waals surface area contributed by atoms with Crippen LogP contribution in [0.15, 0.2) is 0 Å². The summed E-state index contributed by atoms with van der Waals surface area (Å²) in [6, 6.07) is 0.734. The van der Waals surface area contributed by atoms with Crippen LogP contribution >= 0.6 is 0 Å². The zero-order chi connectivity index (χ0) is 10.9. The quantitative estimate of drug-likeness (QED) is 0.507. The Morgan fingerprint density at radius 1 is 1.47 bits per heavy atom. The molecule has 1 aliphatic heterocycles. The standard InChI is InChI=1S/C13H24N2/c1-3-5-6-7-10-15-11-8-13(12-15)14-9-4-2/h1,13-14H,4-12H2,2H3. The third kappa shape index (κ3) is 5.20. The van der Waals surface area contributed by atoms with Crippen molar-refractivity contribution >= 4 is 0 Å². The predicted octanol–water partition coefficient (Wildman–Crippen LogP) is 1.86. The minimum absolute atomic E-state index is 0.734. The van der Waals surface area contributed by atoms with E-state index in [9.17, 15) is 0 Å². The minimum Gasteiger partial charge on any atom is -0.313 e. The zero-order valence-electron chi connectivity index (χ0n) is 9.97. The van der Waals surface area contributed by atoms with Gasteiger partial charge in [-0.15, -0.1) is 12.3 Å². The Kier molecular flexibility index (Phi) is 6.47. The second kappa shape index (κ2) is 7.73. The number of terminal acetylenes is 1. The van der Waals surface area contributed by atoms with Crippen molar-refractivity contribution in [2.45, 2.75) is 45.1 Å². The molecule has 1 unspecified atom stereocenters. The molecule has 0 aromatic rings. The fraction of sp³-hybridized carbons (Fsp3) is 0.846. The van der Waals surface area contributed by atoms with Crippen molar-refractivity contribution in [1.82, 2.24) is 10.2 Å². The van der Waals surface area contributed by atoms with Gasteiger partial charge in [-0.2, -0.15) is 0 Å². The first-order chi connectivity index (χ1) is 7.36. The van der Waals surface area contributed by atoms with Gasteiger partial charge in [-0.05, 0) is 45.3 Å². The van der Waals surface area contributed by atoms with E-state index in [4.69, 9.17) is 6.42 Å². The smallest absolute Gasteiger partial charge is 0.0207 e. The lowest BCUT2D eigenvalue weighted by Gasteiger charge is -2.16. The van der Waals surface area contributed by atoms with E-state index >= 15 is 0 Å². The molecule has 0 bridgehead atoms. The molecule has 15 heavy (non-hydrogen) atoms. The summed E-state index contributed by atoms with van der Waals surface area (Å²) in [5.74, 6) is 2.70. The summed E-state index contributed by atoms with van der Waals surface area (Å²) in [5, 5.41) is 3.59. The van der Waals surface area contributed by atoms with Crippen LogP contribution in [0, 0.1) is 12.3 Å². The molecule has 0 amide bonds. The lowest BCUT2D eigenvalue weighted by atomic mass is 10.2. The molecule has 0 spiro atoms. The third-order valence-electron chi connectivity index (χ3n) is 3.00. The van der Waals surface area contributed by atoms with Gasteiger partial charge in [0, 0.05) is 19.0 Å². The van der Waals surface area contributed by atoms with Gasteiger partial charge < -0.3 is 10.2 Å². The van der Waals surface area contributed by atoms with Gasteiger partial charge in [-0.3, -0.25) is 0 Å². The summed E-state index contributed by atoms with van der Waals surface area (Å²) in [7, 11) is 0. The molecule has 0 aliphatic carbocycles. The van der Waals surface area contributed by atoms with Crippen molar-refractivity contribution in [2.75, 3.05) is 26.2 Å². The maximum absolute atomic E-state index is 5.23. The SMILES string of the molecule is C#CCCCCN1CCC(NCCC)C1. The summed E-state index contributed by atoms with van der Waals surface area (Å²) in [5.41, 5.74) is 0. The molecule has 1 N–H and O–H groups in total. The van der Waals surface area contributed by atoms with Gasteiger partial charge in [0.25, 0.3) is 0 Å². The van der Waals surface area contributed by atoms with Crippen LogP contribution in [0.25, 0.3) is 0 Å². The fourth-order valence-electron chi connectivity index (χ4n) is 2.11. The summed E-state index contributed by atoms with van der Waals surface area (Å²) >= 11 is 0. The van der Waals surface area contributed by atoms with Crippen molar-refractivity contribution in [3.05, 3.63) is 0 Å². The second-order valence-electron chi connectivity index (χ2n) is 4.40. The van der Waals surface area contributed by atoms with Crippen LogP contribution in [0.2, 0.25) is 0 Å². The Labute approximate surface area is 94.4 Å². The van der Waals surface area contributed by atoms with E-state index in [-0.39, 0.29) is 0 Å². The molecule has 1 rings (SSSR count). The van der Waals surface area contributed by atoms with Crippen molar-refractivity contribution in [1.29, 1.82) is 0 Å². The molecule has 1 fully saturated rings. The molecule has 0 aromatic carbocycles. The van der Waals surface area contributed by atoms with E-state index < -0.39 is 0 Å². The fourth-order valence-corrected chi connectivity index (χ4v) is 2.11. The van der Waals surface area contributed by atoms with Crippen LogP contribution in [0.5, 0.6) is 0 Å². The van der Waals surface area contributed by atoms with Gasteiger partial charge >= 0.3 is 0 Å². The molecule has 1 aliphatic rings. The Balaban J connectivity index is 2.01. The molecular formula is C13H24N2. The first kappa shape index (κ1) is 12.5. The molecule has 1 heterocycles. The first-order valence-electron chi connectivity index (χ1n) is 6.26. The topological polar surface area (TPSA) is 15.3 Å². The average molecular weight is 208 g/mol. The van der Waals surface area contributed by atoms with Crippen LogP contribution < -0.4 is 5.32 Å². The third-order valence-corrected chi connectivity index (χ3v) is 3.00. The lowest BCUT2D eigenvalue weighted by Crippen LogP contribution is -2.33. The van der Waals surface area contributed by atoms with E-state index in [1.807, 2.05) is 0 Å². The van der Waals surface area contributed by atoms with Crippen LogP contribution in [-0.2, 0) is 0 Å². The Morgan fingerprint density at radius 2 is 2.33 bits per heavy atom. The summed E-state index contributed by atoms with van der Waals surface area (Å²) < 4.78 is 0. The van der Waals surface area contributed by atoms with E-state index in [2.05, 4.69) is 23.1 Å². The summed E-state index contributed by atoms with van der Waals surface area (Å²) in [4.78, 5) is 2.56. The number of nitrogens with zero attached hydrogens (tertiary/aromatic N) is 1. The van der Waals surface area contributed by atoms with Gasteiger partial charge in [0.05, 0.1) is 0 Å². The number of hydrogen-bond donors (Lipinski definition) is 1. The molecule has 1 saturated heterocycles. The van der Waals surface area contributed by atoms with Gasteiger partial charge in [-0.25, -0.2) is 0 Å². The van der Waals surface area contributed by atoms with Crippen molar-refractivity contribution in [3.8, 4) is 12.3 Å². The molecule has 0 aromatic heterocycles. The van der Waals surface area contributed by atoms with Crippen molar-refractivity contribution in [3.63, 3.8) is 0 Å².